The molecule has 0 aliphatic carbocycles. The van der Waals surface area contributed by atoms with Gasteiger partial charge in [-0.2, -0.15) is 0 Å². The van der Waals surface area contributed by atoms with Crippen molar-refractivity contribution in [3.63, 3.8) is 0 Å². The second-order valence-corrected chi connectivity index (χ2v) is 5.64. The number of anilines is 1. The average molecular weight is 267 g/mol. The number of rotatable bonds is 3. The smallest absolute Gasteiger partial charge is 0.123 e. The SMILES string of the molecule is Cc1cccc(NCC2CCc3ccc(C)cc3O2)c1. The molecule has 3 rings (SSSR count). The van der Waals surface area contributed by atoms with E-state index in [-0.39, 0.29) is 6.10 Å². The minimum absolute atomic E-state index is 0.254. The molecule has 0 spiro atoms. The van der Waals surface area contributed by atoms with Crippen molar-refractivity contribution >= 4 is 5.69 Å². The largest absolute Gasteiger partial charge is 0.488 e. The van der Waals surface area contributed by atoms with Crippen molar-refractivity contribution in [2.75, 3.05) is 11.9 Å². The molecule has 0 aromatic heterocycles. The zero-order chi connectivity index (χ0) is 13.9. The van der Waals surface area contributed by atoms with Gasteiger partial charge >= 0.3 is 0 Å². The Kier molecular flexibility index (Phi) is 3.64. The normalized spacial score (nSPS) is 17.2. The first-order valence-corrected chi connectivity index (χ1v) is 7.27. The summed E-state index contributed by atoms with van der Waals surface area (Å²) in [5.74, 6) is 1.06. The summed E-state index contributed by atoms with van der Waals surface area (Å²) in [5.41, 5.74) is 5.04. The van der Waals surface area contributed by atoms with Crippen LogP contribution in [0.25, 0.3) is 0 Å². The molecule has 0 fully saturated rings. The fourth-order valence-corrected chi connectivity index (χ4v) is 2.66. The molecule has 1 aliphatic rings. The molecule has 0 radical (unpaired) electrons. The van der Waals surface area contributed by atoms with E-state index in [1.54, 1.807) is 0 Å². The highest BCUT2D eigenvalue weighted by molar-refractivity contribution is 5.45. The van der Waals surface area contributed by atoms with Gasteiger partial charge in [-0.25, -0.2) is 0 Å². The summed E-state index contributed by atoms with van der Waals surface area (Å²) < 4.78 is 6.10. The molecule has 1 N–H and O–H groups in total. The zero-order valence-electron chi connectivity index (χ0n) is 12.1. The van der Waals surface area contributed by atoms with E-state index in [4.69, 9.17) is 4.74 Å². The highest BCUT2D eigenvalue weighted by Gasteiger charge is 2.19. The van der Waals surface area contributed by atoms with Gasteiger partial charge in [-0.05, 0) is 61.6 Å². The summed E-state index contributed by atoms with van der Waals surface area (Å²) in [4.78, 5) is 0. The molecule has 20 heavy (non-hydrogen) atoms. The molecule has 2 heteroatoms. The molecule has 1 aliphatic heterocycles. The first kappa shape index (κ1) is 13.0. The van der Waals surface area contributed by atoms with Crippen LogP contribution in [0.4, 0.5) is 5.69 Å². The van der Waals surface area contributed by atoms with Gasteiger partial charge in [-0.1, -0.05) is 24.3 Å². The highest BCUT2D eigenvalue weighted by Crippen LogP contribution is 2.28. The van der Waals surface area contributed by atoms with E-state index in [1.807, 2.05) is 0 Å². The van der Waals surface area contributed by atoms with Gasteiger partial charge in [-0.15, -0.1) is 0 Å². The summed E-state index contributed by atoms with van der Waals surface area (Å²) in [6, 6.07) is 15.0. The molecular weight excluding hydrogens is 246 g/mol. The van der Waals surface area contributed by atoms with E-state index in [0.29, 0.717) is 0 Å². The summed E-state index contributed by atoms with van der Waals surface area (Å²) >= 11 is 0. The van der Waals surface area contributed by atoms with Crippen LogP contribution in [-0.2, 0) is 6.42 Å². The maximum Gasteiger partial charge on any atom is 0.123 e. The monoisotopic (exact) mass is 267 g/mol. The molecule has 0 saturated heterocycles. The lowest BCUT2D eigenvalue weighted by molar-refractivity contribution is 0.185. The highest BCUT2D eigenvalue weighted by atomic mass is 16.5. The third kappa shape index (κ3) is 2.96. The fraction of sp³-hybridized carbons (Fsp3) is 0.333. The summed E-state index contributed by atoms with van der Waals surface area (Å²) in [5, 5.41) is 3.48. The molecule has 2 aromatic rings. The van der Waals surface area contributed by atoms with Gasteiger partial charge in [0.05, 0.1) is 6.54 Å². The Bertz CT molecular complexity index is 606. The first-order valence-electron chi connectivity index (χ1n) is 7.27. The van der Waals surface area contributed by atoms with Crippen LogP contribution < -0.4 is 10.1 Å². The lowest BCUT2D eigenvalue weighted by Gasteiger charge is -2.27. The standard InChI is InChI=1S/C18H21NO/c1-13-4-3-5-16(10-13)19-12-17-9-8-15-7-6-14(2)11-18(15)20-17/h3-7,10-11,17,19H,8-9,12H2,1-2H3. The van der Waals surface area contributed by atoms with Crippen molar-refractivity contribution < 1.29 is 4.74 Å². The van der Waals surface area contributed by atoms with Crippen LogP contribution >= 0.6 is 0 Å². The van der Waals surface area contributed by atoms with Crippen LogP contribution in [-0.4, -0.2) is 12.6 Å². The Morgan fingerprint density at radius 2 is 1.95 bits per heavy atom. The van der Waals surface area contributed by atoms with Crippen LogP contribution in [0, 0.1) is 13.8 Å². The van der Waals surface area contributed by atoms with Crippen molar-refractivity contribution in [2.24, 2.45) is 0 Å². The fourth-order valence-electron chi connectivity index (χ4n) is 2.66. The molecule has 2 nitrogen and oxygen atoms in total. The molecule has 2 aromatic carbocycles. The van der Waals surface area contributed by atoms with E-state index in [1.165, 1.54) is 22.4 Å². The second kappa shape index (κ2) is 5.58. The van der Waals surface area contributed by atoms with Crippen LogP contribution in [0.1, 0.15) is 23.1 Å². The van der Waals surface area contributed by atoms with Crippen molar-refractivity contribution in [1.82, 2.24) is 0 Å². The predicted octanol–water partition coefficient (Wildman–Crippen LogP) is 4.11. The van der Waals surface area contributed by atoms with Crippen LogP contribution in [0.15, 0.2) is 42.5 Å². The lowest BCUT2D eigenvalue weighted by atomic mass is 10.0. The zero-order valence-corrected chi connectivity index (χ0v) is 12.1. The number of nitrogens with one attached hydrogen (secondary N) is 1. The maximum absolute atomic E-state index is 6.10. The van der Waals surface area contributed by atoms with Gasteiger partial charge in [0, 0.05) is 5.69 Å². The molecular formula is C18H21NO. The number of ether oxygens (including phenoxy) is 1. The Morgan fingerprint density at radius 3 is 2.80 bits per heavy atom. The van der Waals surface area contributed by atoms with E-state index >= 15 is 0 Å². The molecule has 104 valence electrons. The Hall–Kier alpha value is -1.96. The summed E-state index contributed by atoms with van der Waals surface area (Å²) in [7, 11) is 0. The second-order valence-electron chi connectivity index (χ2n) is 5.64. The number of aryl methyl sites for hydroxylation is 3. The number of fused-ring (bicyclic) bond motifs is 1. The Labute approximate surface area is 120 Å². The van der Waals surface area contributed by atoms with Crippen LogP contribution in [0.5, 0.6) is 5.75 Å². The van der Waals surface area contributed by atoms with Gasteiger partial charge in [0.2, 0.25) is 0 Å². The minimum atomic E-state index is 0.254. The van der Waals surface area contributed by atoms with Crippen LogP contribution in [0.3, 0.4) is 0 Å². The van der Waals surface area contributed by atoms with E-state index in [0.717, 1.165) is 25.1 Å². The van der Waals surface area contributed by atoms with E-state index in [9.17, 15) is 0 Å². The molecule has 0 bridgehead atoms. The van der Waals surface area contributed by atoms with Crippen molar-refractivity contribution in [1.29, 1.82) is 0 Å². The van der Waals surface area contributed by atoms with E-state index in [2.05, 4.69) is 61.6 Å². The Balaban J connectivity index is 1.63. The average Bonchev–Trinajstić information content (AvgIpc) is 2.45. The van der Waals surface area contributed by atoms with Gasteiger partial charge in [0.15, 0.2) is 0 Å². The summed E-state index contributed by atoms with van der Waals surface area (Å²) in [6.07, 6.45) is 2.44. The van der Waals surface area contributed by atoms with Crippen molar-refractivity contribution in [2.45, 2.75) is 32.8 Å². The number of benzene rings is 2. The number of hydrogen-bond donors (Lipinski definition) is 1. The summed E-state index contributed by atoms with van der Waals surface area (Å²) in [6.45, 7) is 5.08. The molecule has 1 unspecified atom stereocenters. The first-order chi connectivity index (χ1) is 9.70. The minimum Gasteiger partial charge on any atom is -0.488 e. The van der Waals surface area contributed by atoms with Crippen molar-refractivity contribution in [3.05, 3.63) is 59.2 Å². The quantitative estimate of drug-likeness (QED) is 0.903. The van der Waals surface area contributed by atoms with Crippen LogP contribution in [0.2, 0.25) is 0 Å². The van der Waals surface area contributed by atoms with E-state index < -0.39 is 0 Å². The van der Waals surface area contributed by atoms with Gasteiger partial charge in [0.1, 0.15) is 11.9 Å². The lowest BCUT2D eigenvalue weighted by Crippen LogP contribution is -2.30. The van der Waals surface area contributed by atoms with Crippen molar-refractivity contribution in [3.8, 4) is 5.75 Å². The molecule has 0 amide bonds. The third-order valence-electron chi connectivity index (χ3n) is 3.80. The molecule has 0 saturated carbocycles. The third-order valence-corrected chi connectivity index (χ3v) is 3.80. The Morgan fingerprint density at radius 1 is 1.10 bits per heavy atom. The number of hydrogen-bond acceptors (Lipinski definition) is 2. The van der Waals surface area contributed by atoms with Gasteiger partial charge in [-0.3, -0.25) is 0 Å². The molecule has 1 heterocycles. The van der Waals surface area contributed by atoms with Gasteiger partial charge in [0.25, 0.3) is 0 Å². The maximum atomic E-state index is 6.10. The molecule has 1 atom stereocenters. The van der Waals surface area contributed by atoms with Gasteiger partial charge < -0.3 is 10.1 Å². The topological polar surface area (TPSA) is 21.3 Å². The predicted molar refractivity (Wildman–Crippen MR) is 83.6 cm³/mol.